The zero-order chi connectivity index (χ0) is 17.8. The maximum atomic E-state index is 13.0. The molecule has 0 unspecified atom stereocenters. The Morgan fingerprint density at radius 2 is 2.00 bits per heavy atom. The molecule has 0 bridgehead atoms. The minimum absolute atomic E-state index is 0.0686. The Balaban J connectivity index is 1.56. The van der Waals surface area contributed by atoms with E-state index in [0.29, 0.717) is 13.1 Å². The van der Waals surface area contributed by atoms with Crippen molar-refractivity contribution in [3.63, 3.8) is 0 Å². The molecule has 7 heteroatoms. The Bertz CT molecular complexity index is 995. The van der Waals surface area contributed by atoms with E-state index in [0.717, 1.165) is 22.4 Å². The first-order chi connectivity index (χ1) is 12.8. The Morgan fingerprint density at radius 3 is 2.81 bits per heavy atom. The fourth-order valence-corrected chi connectivity index (χ4v) is 2.80. The molecule has 3 heterocycles. The largest absolute Gasteiger partial charge is 0.467 e. The summed E-state index contributed by atoms with van der Waals surface area (Å²) in [4.78, 5) is 18.8. The molecular formula is C19H17N5O2. The normalized spacial score (nSPS) is 10.9. The molecule has 0 aliphatic rings. The number of fused-ring (bicyclic) bond motifs is 1. The first-order valence-electron chi connectivity index (χ1n) is 8.27. The molecule has 0 spiro atoms. The fraction of sp³-hybridized carbons (Fsp3) is 0.158. The maximum Gasteiger partial charge on any atom is 0.245 e. The third-order valence-corrected chi connectivity index (χ3v) is 4.08. The van der Waals surface area contributed by atoms with Crippen LogP contribution in [0.2, 0.25) is 0 Å². The van der Waals surface area contributed by atoms with E-state index in [-0.39, 0.29) is 12.5 Å². The van der Waals surface area contributed by atoms with Gasteiger partial charge in [-0.2, -0.15) is 0 Å². The second-order valence-electron chi connectivity index (χ2n) is 5.93. The summed E-state index contributed by atoms with van der Waals surface area (Å²) < 4.78 is 7.03. The molecule has 4 aromatic rings. The third-order valence-electron chi connectivity index (χ3n) is 4.08. The molecule has 0 atom stereocenters. The third kappa shape index (κ3) is 3.46. The summed E-state index contributed by atoms with van der Waals surface area (Å²) >= 11 is 0. The van der Waals surface area contributed by atoms with Crippen molar-refractivity contribution in [1.82, 2.24) is 24.9 Å². The van der Waals surface area contributed by atoms with Gasteiger partial charge in [-0.3, -0.25) is 9.78 Å². The van der Waals surface area contributed by atoms with Crippen LogP contribution in [0.25, 0.3) is 11.0 Å². The molecule has 0 saturated heterocycles. The topological polar surface area (TPSA) is 77.1 Å². The van der Waals surface area contributed by atoms with Crippen LogP contribution in [0.3, 0.4) is 0 Å². The fourth-order valence-electron chi connectivity index (χ4n) is 2.80. The van der Waals surface area contributed by atoms with E-state index in [1.54, 1.807) is 28.2 Å². The second kappa shape index (κ2) is 7.18. The molecule has 0 N–H and O–H groups in total. The Labute approximate surface area is 149 Å². The molecule has 1 aromatic carbocycles. The number of nitrogens with zero attached hydrogens (tertiary/aromatic N) is 5. The summed E-state index contributed by atoms with van der Waals surface area (Å²) in [6.07, 6.45) is 5.07. The number of carbonyl (C=O) groups is 1. The lowest BCUT2D eigenvalue weighted by Crippen LogP contribution is -2.33. The van der Waals surface area contributed by atoms with Crippen molar-refractivity contribution in [1.29, 1.82) is 0 Å². The molecule has 0 radical (unpaired) electrons. The summed E-state index contributed by atoms with van der Waals surface area (Å²) in [6, 6.07) is 15.1. The van der Waals surface area contributed by atoms with Crippen LogP contribution in [0.4, 0.5) is 0 Å². The monoisotopic (exact) mass is 347 g/mol. The predicted molar refractivity (Wildman–Crippen MR) is 94.7 cm³/mol. The number of hydrogen-bond acceptors (Lipinski definition) is 5. The number of furan rings is 1. The molecule has 3 aromatic heterocycles. The van der Waals surface area contributed by atoms with Crippen molar-refractivity contribution < 1.29 is 9.21 Å². The van der Waals surface area contributed by atoms with E-state index in [2.05, 4.69) is 15.3 Å². The number of hydrogen-bond donors (Lipinski definition) is 0. The number of benzene rings is 1. The number of pyridine rings is 1. The standard InChI is InChI=1S/C19H17N5O2/c25-19(14-24-18-8-2-1-7-17(18)21-22-24)23(13-16-6-4-10-26-16)12-15-5-3-9-20-11-15/h1-11H,12-14H2. The van der Waals surface area contributed by atoms with Gasteiger partial charge in [-0.05, 0) is 35.9 Å². The zero-order valence-electron chi connectivity index (χ0n) is 14.0. The van der Waals surface area contributed by atoms with Crippen LogP contribution in [0, 0.1) is 0 Å². The number of aromatic nitrogens is 4. The van der Waals surface area contributed by atoms with E-state index >= 15 is 0 Å². The predicted octanol–water partition coefficient (Wildman–Crippen LogP) is 2.65. The lowest BCUT2D eigenvalue weighted by atomic mass is 10.2. The van der Waals surface area contributed by atoms with Gasteiger partial charge in [0.05, 0.1) is 18.3 Å². The summed E-state index contributed by atoms with van der Waals surface area (Å²) in [7, 11) is 0. The van der Waals surface area contributed by atoms with Gasteiger partial charge in [-0.15, -0.1) is 5.10 Å². The van der Waals surface area contributed by atoms with Gasteiger partial charge in [0.25, 0.3) is 0 Å². The van der Waals surface area contributed by atoms with Gasteiger partial charge in [0, 0.05) is 18.9 Å². The van der Waals surface area contributed by atoms with Crippen LogP contribution >= 0.6 is 0 Å². The molecule has 4 rings (SSSR count). The second-order valence-corrected chi connectivity index (χ2v) is 5.93. The Kier molecular flexibility index (Phi) is 4.42. The van der Waals surface area contributed by atoms with E-state index in [4.69, 9.17) is 4.42 Å². The summed E-state index contributed by atoms with van der Waals surface area (Å²) in [5.74, 6) is 0.659. The van der Waals surface area contributed by atoms with Gasteiger partial charge < -0.3 is 9.32 Å². The van der Waals surface area contributed by atoms with Crippen molar-refractivity contribution in [3.05, 3.63) is 78.5 Å². The van der Waals surface area contributed by atoms with Crippen LogP contribution in [0.1, 0.15) is 11.3 Å². The average Bonchev–Trinajstić information content (AvgIpc) is 3.32. The van der Waals surface area contributed by atoms with Gasteiger partial charge >= 0.3 is 0 Å². The van der Waals surface area contributed by atoms with Crippen LogP contribution in [0.15, 0.2) is 71.6 Å². The van der Waals surface area contributed by atoms with E-state index in [1.165, 1.54) is 0 Å². The van der Waals surface area contributed by atoms with Gasteiger partial charge in [0.15, 0.2) is 0 Å². The van der Waals surface area contributed by atoms with Crippen molar-refractivity contribution in [2.24, 2.45) is 0 Å². The highest BCUT2D eigenvalue weighted by atomic mass is 16.3. The first kappa shape index (κ1) is 16.0. The summed E-state index contributed by atoms with van der Waals surface area (Å²) in [5, 5.41) is 8.21. The van der Waals surface area contributed by atoms with Crippen LogP contribution in [-0.4, -0.2) is 30.8 Å². The van der Waals surface area contributed by atoms with Crippen molar-refractivity contribution in [2.75, 3.05) is 0 Å². The molecule has 0 fully saturated rings. The van der Waals surface area contributed by atoms with Crippen molar-refractivity contribution >= 4 is 16.9 Å². The highest BCUT2D eigenvalue weighted by Crippen LogP contribution is 2.13. The first-order valence-corrected chi connectivity index (χ1v) is 8.27. The molecule has 0 aliphatic carbocycles. The quantitative estimate of drug-likeness (QED) is 0.536. The SMILES string of the molecule is O=C(Cn1nnc2ccccc21)N(Cc1cccnc1)Cc1ccco1. The number of amides is 1. The molecule has 26 heavy (non-hydrogen) atoms. The smallest absolute Gasteiger partial charge is 0.245 e. The van der Waals surface area contributed by atoms with Gasteiger partial charge in [-0.25, -0.2) is 4.68 Å². The highest BCUT2D eigenvalue weighted by molar-refractivity contribution is 5.79. The highest BCUT2D eigenvalue weighted by Gasteiger charge is 2.18. The number of para-hydroxylation sites is 1. The minimum Gasteiger partial charge on any atom is -0.467 e. The van der Waals surface area contributed by atoms with Crippen molar-refractivity contribution in [3.8, 4) is 0 Å². The summed E-state index contributed by atoms with van der Waals surface area (Å²) in [5.41, 5.74) is 2.56. The zero-order valence-corrected chi connectivity index (χ0v) is 14.0. The van der Waals surface area contributed by atoms with Crippen molar-refractivity contribution in [2.45, 2.75) is 19.6 Å². The van der Waals surface area contributed by atoms with Crippen LogP contribution in [0.5, 0.6) is 0 Å². The van der Waals surface area contributed by atoms with E-state index < -0.39 is 0 Å². The maximum absolute atomic E-state index is 13.0. The Hall–Kier alpha value is -3.48. The molecular weight excluding hydrogens is 330 g/mol. The molecule has 0 saturated carbocycles. The molecule has 7 nitrogen and oxygen atoms in total. The van der Waals surface area contributed by atoms with Gasteiger partial charge in [-0.1, -0.05) is 23.4 Å². The number of carbonyl (C=O) groups excluding carboxylic acids is 1. The lowest BCUT2D eigenvalue weighted by Gasteiger charge is -2.21. The van der Waals surface area contributed by atoms with Crippen LogP contribution in [-0.2, 0) is 24.4 Å². The molecule has 130 valence electrons. The molecule has 0 aliphatic heterocycles. The van der Waals surface area contributed by atoms with E-state index in [1.807, 2.05) is 48.5 Å². The van der Waals surface area contributed by atoms with Gasteiger partial charge in [0.2, 0.25) is 5.91 Å². The molecule has 1 amide bonds. The van der Waals surface area contributed by atoms with Gasteiger partial charge in [0.1, 0.15) is 17.8 Å². The average molecular weight is 347 g/mol. The minimum atomic E-state index is -0.0686. The number of rotatable bonds is 6. The lowest BCUT2D eigenvalue weighted by molar-refractivity contribution is -0.133. The van der Waals surface area contributed by atoms with Crippen LogP contribution < -0.4 is 0 Å². The summed E-state index contributed by atoms with van der Waals surface area (Å²) in [6.45, 7) is 0.939. The Morgan fingerprint density at radius 1 is 1.08 bits per heavy atom. The van der Waals surface area contributed by atoms with E-state index in [9.17, 15) is 4.79 Å².